The van der Waals surface area contributed by atoms with Crippen molar-refractivity contribution in [1.29, 1.82) is 0 Å². The fraction of sp³-hybridized carbons (Fsp3) is 0.938. The van der Waals surface area contributed by atoms with Crippen LogP contribution in [0.25, 0.3) is 0 Å². The van der Waals surface area contributed by atoms with Crippen molar-refractivity contribution in [2.24, 2.45) is 17.8 Å². The van der Waals surface area contributed by atoms with Crippen molar-refractivity contribution >= 4 is 5.97 Å². The van der Waals surface area contributed by atoms with Crippen LogP contribution in [0.5, 0.6) is 0 Å². The van der Waals surface area contributed by atoms with Crippen LogP contribution in [0.1, 0.15) is 46.5 Å². The standard InChI is InChI=1S/C16H21F7O3/c1-8(2)11(24)26-12(3)5-9-4-10(7-12)13(17,6-9)14(25,15(18,19)20)16(21,22)23/h8-10,25H,4-7H2,1-3H3. The van der Waals surface area contributed by atoms with Crippen LogP contribution in [0.15, 0.2) is 0 Å². The van der Waals surface area contributed by atoms with Crippen molar-refractivity contribution < 1.29 is 45.4 Å². The maximum absolute atomic E-state index is 15.3. The fourth-order valence-corrected chi connectivity index (χ4v) is 4.39. The lowest BCUT2D eigenvalue weighted by Gasteiger charge is -2.45. The maximum Gasteiger partial charge on any atom is 0.429 e. The Kier molecular flexibility index (Phi) is 4.88. The van der Waals surface area contributed by atoms with Crippen LogP contribution >= 0.6 is 0 Å². The molecular formula is C16H21F7O3. The minimum Gasteiger partial charge on any atom is -0.459 e. The Morgan fingerprint density at radius 1 is 1.08 bits per heavy atom. The molecule has 0 spiro atoms. The number of fused-ring (bicyclic) bond motifs is 2. The average molecular weight is 394 g/mol. The Morgan fingerprint density at radius 3 is 2.00 bits per heavy atom. The maximum atomic E-state index is 15.3. The molecule has 0 heterocycles. The number of hydrogen-bond acceptors (Lipinski definition) is 3. The minimum atomic E-state index is -6.23. The number of alkyl halides is 7. The molecule has 0 radical (unpaired) electrons. The monoisotopic (exact) mass is 394 g/mol. The molecule has 2 fully saturated rings. The highest BCUT2D eigenvalue weighted by molar-refractivity contribution is 5.72. The van der Waals surface area contributed by atoms with Gasteiger partial charge in [-0.15, -0.1) is 0 Å². The summed E-state index contributed by atoms with van der Waals surface area (Å²) >= 11 is 0. The second-order valence-electron chi connectivity index (χ2n) is 8.01. The Morgan fingerprint density at radius 2 is 1.58 bits per heavy atom. The summed E-state index contributed by atoms with van der Waals surface area (Å²) in [7, 11) is 0. The second kappa shape index (κ2) is 5.97. The fourth-order valence-electron chi connectivity index (χ4n) is 4.39. The predicted molar refractivity (Wildman–Crippen MR) is 75.7 cm³/mol. The van der Waals surface area contributed by atoms with Gasteiger partial charge < -0.3 is 9.84 Å². The average Bonchev–Trinajstić information content (AvgIpc) is 2.66. The van der Waals surface area contributed by atoms with Crippen molar-refractivity contribution in [3.8, 4) is 0 Å². The second-order valence-corrected chi connectivity index (χ2v) is 8.01. The first kappa shape index (κ1) is 21.2. The molecule has 2 aliphatic carbocycles. The summed E-state index contributed by atoms with van der Waals surface area (Å²) in [5.74, 6) is -3.82. The first-order valence-corrected chi connectivity index (χ1v) is 8.24. The van der Waals surface area contributed by atoms with E-state index < -0.39 is 65.8 Å². The third-order valence-electron chi connectivity index (χ3n) is 5.49. The number of esters is 1. The molecule has 0 aromatic carbocycles. The molecule has 0 saturated heterocycles. The van der Waals surface area contributed by atoms with Crippen LogP contribution in [0.4, 0.5) is 30.7 Å². The van der Waals surface area contributed by atoms with Crippen LogP contribution < -0.4 is 0 Å². The quantitative estimate of drug-likeness (QED) is 0.573. The molecule has 0 aromatic heterocycles. The molecule has 2 aliphatic rings. The molecule has 1 N–H and O–H groups in total. The molecular weight excluding hydrogens is 373 g/mol. The van der Waals surface area contributed by atoms with E-state index in [4.69, 9.17) is 4.74 Å². The Labute approximate surface area is 145 Å². The highest BCUT2D eigenvalue weighted by Crippen LogP contribution is 2.64. The number of carbonyl (C=O) groups is 1. The third kappa shape index (κ3) is 3.07. The normalized spacial score (nSPS) is 35.7. The molecule has 0 aromatic rings. The number of halogens is 7. The number of ether oxygens (including phenoxy) is 1. The van der Waals surface area contributed by atoms with E-state index in [1.165, 1.54) is 20.8 Å². The van der Waals surface area contributed by atoms with Crippen LogP contribution in [-0.2, 0) is 9.53 Å². The molecule has 152 valence electrons. The SMILES string of the molecule is CC(C)C(=O)OC1(C)CC2CC(C1)C(F)(C(O)(C(F)(F)F)C(F)(F)F)C2. The molecule has 10 heteroatoms. The largest absolute Gasteiger partial charge is 0.459 e. The van der Waals surface area contributed by atoms with Gasteiger partial charge in [0, 0.05) is 5.92 Å². The third-order valence-corrected chi connectivity index (χ3v) is 5.49. The summed E-state index contributed by atoms with van der Waals surface area (Å²) in [4.78, 5) is 11.8. The van der Waals surface area contributed by atoms with E-state index in [1.54, 1.807) is 0 Å². The lowest BCUT2D eigenvalue weighted by atomic mass is 9.71. The van der Waals surface area contributed by atoms with Gasteiger partial charge in [-0.3, -0.25) is 4.79 Å². The van der Waals surface area contributed by atoms with Gasteiger partial charge in [0.05, 0.1) is 5.92 Å². The van der Waals surface area contributed by atoms with Gasteiger partial charge in [0.2, 0.25) is 0 Å². The minimum absolute atomic E-state index is 0.0561. The zero-order valence-corrected chi connectivity index (χ0v) is 14.5. The molecule has 2 bridgehead atoms. The summed E-state index contributed by atoms with van der Waals surface area (Å²) in [6, 6.07) is 0. The van der Waals surface area contributed by atoms with Crippen LogP contribution in [-0.4, -0.2) is 40.3 Å². The summed E-state index contributed by atoms with van der Waals surface area (Å²) in [6.45, 7) is 4.42. The molecule has 0 amide bonds. The topological polar surface area (TPSA) is 46.5 Å². The van der Waals surface area contributed by atoms with E-state index in [9.17, 15) is 36.2 Å². The van der Waals surface area contributed by atoms with Gasteiger partial charge >= 0.3 is 18.3 Å². The van der Waals surface area contributed by atoms with Gasteiger partial charge in [-0.25, -0.2) is 4.39 Å². The van der Waals surface area contributed by atoms with Gasteiger partial charge in [0.1, 0.15) is 5.60 Å². The van der Waals surface area contributed by atoms with E-state index in [0.29, 0.717) is 0 Å². The van der Waals surface area contributed by atoms with Crippen molar-refractivity contribution in [3.63, 3.8) is 0 Å². The Balaban J connectivity index is 2.40. The van der Waals surface area contributed by atoms with Gasteiger partial charge in [0.25, 0.3) is 5.60 Å². The molecule has 26 heavy (non-hydrogen) atoms. The number of rotatable bonds is 3. The van der Waals surface area contributed by atoms with Gasteiger partial charge in [-0.2, -0.15) is 26.3 Å². The Hall–Kier alpha value is -1.06. The van der Waals surface area contributed by atoms with Crippen LogP contribution in [0, 0.1) is 17.8 Å². The van der Waals surface area contributed by atoms with E-state index in [0.717, 1.165) is 0 Å². The molecule has 4 atom stereocenters. The molecule has 3 nitrogen and oxygen atoms in total. The lowest BCUT2D eigenvalue weighted by molar-refractivity contribution is -0.407. The van der Waals surface area contributed by atoms with E-state index in [1.807, 2.05) is 0 Å². The first-order valence-electron chi connectivity index (χ1n) is 8.24. The lowest BCUT2D eigenvalue weighted by Crippen LogP contribution is -2.70. The van der Waals surface area contributed by atoms with Crippen LogP contribution in [0.3, 0.4) is 0 Å². The first-order chi connectivity index (χ1) is 11.5. The summed E-state index contributed by atoms with van der Waals surface area (Å²) in [6.07, 6.45) is -14.4. The number of carbonyl (C=O) groups excluding carboxylic acids is 1. The van der Waals surface area contributed by atoms with Crippen molar-refractivity contribution in [2.75, 3.05) is 0 Å². The summed E-state index contributed by atoms with van der Waals surface area (Å²) in [5, 5.41) is 9.60. The van der Waals surface area contributed by atoms with Crippen molar-refractivity contribution in [2.45, 2.75) is 75.7 Å². The molecule has 4 unspecified atom stereocenters. The molecule has 0 aliphatic heterocycles. The van der Waals surface area contributed by atoms with Crippen molar-refractivity contribution in [1.82, 2.24) is 0 Å². The smallest absolute Gasteiger partial charge is 0.429 e. The summed E-state index contributed by atoms with van der Waals surface area (Å²) < 4.78 is 99.6. The zero-order chi connectivity index (χ0) is 20.3. The highest BCUT2D eigenvalue weighted by Gasteiger charge is 2.83. The molecule has 2 saturated carbocycles. The van der Waals surface area contributed by atoms with E-state index in [-0.39, 0.29) is 12.8 Å². The van der Waals surface area contributed by atoms with Gasteiger partial charge in [0.15, 0.2) is 5.67 Å². The van der Waals surface area contributed by atoms with E-state index >= 15 is 4.39 Å². The molecule has 2 rings (SSSR count). The Bertz CT molecular complexity index is 557. The number of aliphatic hydroxyl groups is 1. The van der Waals surface area contributed by atoms with Crippen LogP contribution in [0.2, 0.25) is 0 Å². The van der Waals surface area contributed by atoms with Gasteiger partial charge in [-0.05, 0) is 38.5 Å². The van der Waals surface area contributed by atoms with Crippen molar-refractivity contribution in [3.05, 3.63) is 0 Å². The van der Waals surface area contributed by atoms with Gasteiger partial charge in [-0.1, -0.05) is 13.8 Å². The summed E-state index contributed by atoms with van der Waals surface area (Å²) in [5.41, 5.74) is -10.8. The van der Waals surface area contributed by atoms with E-state index in [2.05, 4.69) is 0 Å². The zero-order valence-electron chi connectivity index (χ0n) is 14.5. The predicted octanol–water partition coefficient (Wildman–Crippen LogP) is 4.33. The number of hydrogen-bond donors (Lipinski definition) is 1. The highest BCUT2D eigenvalue weighted by atomic mass is 19.4.